The lowest BCUT2D eigenvalue weighted by Gasteiger charge is -2.13. The number of carbonyl (C=O) groups is 2. The summed E-state index contributed by atoms with van der Waals surface area (Å²) >= 11 is 0. The number of esters is 2. The van der Waals surface area contributed by atoms with Crippen molar-refractivity contribution in [1.29, 1.82) is 0 Å². The molecule has 0 rings (SSSR count). The van der Waals surface area contributed by atoms with Crippen molar-refractivity contribution in [2.75, 3.05) is 159 Å². The Kier molecular flexibility index (Phi) is 40.7. The van der Waals surface area contributed by atoms with Crippen LogP contribution >= 0.6 is 0 Å². The largest absolute Gasteiger partial charge is 0.466 e. The van der Waals surface area contributed by atoms with Gasteiger partial charge in [-0.2, -0.15) is 0 Å². The number of rotatable bonds is 42. The monoisotopic (exact) mass is 728 g/mol. The number of carbonyl (C=O) groups excluding carboxylic acids is 2. The van der Waals surface area contributed by atoms with Gasteiger partial charge < -0.3 is 61.6 Å². The third-order valence-corrected chi connectivity index (χ3v) is 6.68. The van der Waals surface area contributed by atoms with Gasteiger partial charge in [0.25, 0.3) is 0 Å². The van der Waals surface area contributed by atoms with E-state index in [-0.39, 0.29) is 30.9 Å². The molecule has 0 fully saturated rings. The third kappa shape index (κ3) is 37.7. The molecule has 0 aromatic rings. The maximum Gasteiger partial charge on any atom is 0.308 e. The number of ether oxygens (including phenoxy) is 13. The number of hydrogen-bond acceptors (Lipinski definition) is 15. The van der Waals surface area contributed by atoms with Gasteiger partial charge in [0.1, 0.15) is 6.61 Å². The van der Waals surface area contributed by atoms with Crippen LogP contribution in [0.1, 0.15) is 52.9 Å². The van der Waals surface area contributed by atoms with Gasteiger partial charge in [-0.15, -0.1) is 0 Å². The topological polar surface area (TPSA) is 154 Å². The fraction of sp³-hybridized carbons (Fsp3) is 0.943. The quantitative estimate of drug-likeness (QED) is 0.0668. The van der Waals surface area contributed by atoms with Gasteiger partial charge in [-0.25, -0.2) is 0 Å². The Morgan fingerprint density at radius 1 is 0.400 bits per heavy atom. The summed E-state index contributed by atoms with van der Waals surface area (Å²) in [5.41, 5.74) is 0. The van der Waals surface area contributed by atoms with Crippen LogP contribution in [0.15, 0.2) is 0 Å². The second-order valence-electron chi connectivity index (χ2n) is 10.7. The zero-order valence-corrected chi connectivity index (χ0v) is 31.2. The van der Waals surface area contributed by atoms with Crippen molar-refractivity contribution >= 4 is 11.9 Å². The van der Waals surface area contributed by atoms with E-state index < -0.39 is 0 Å². The fourth-order valence-electron chi connectivity index (χ4n) is 3.95. The van der Waals surface area contributed by atoms with Crippen molar-refractivity contribution < 1.29 is 71.2 Å². The fourth-order valence-corrected chi connectivity index (χ4v) is 3.95. The summed E-state index contributed by atoms with van der Waals surface area (Å²) in [6.07, 6.45) is 4.07. The molecule has 0 aromatic carbocycles. The van der Waals surface area contributed by atoms with E-state index in [0.29, 0.717) is 152 Å². The molecular weight excluding hydrogens is 660 g/mol. The molecule has 0 aromatic heterocycles. The maximum atomic E-state index is 12.0. The second kappa shape index (κ2) is 41.9. The predicted molar refractivity (Wildman–Crippen MR) is 185 cm³/mol. The normalized spacial score (nSPS) is 12.0. The van der Waals surface area contributed by atoms with Crippen molar-refractivity contribution in [3.05, 3.63) is 0 Å². The third-order valence-electron chi connectivity index (χ3n) is 6.68. The van der Waals surface area contributed by atoms with Gasteiger partial charge in [0.2, 0.25) is 0 Å². The summed E-state index contributed by atoms with van der Waals surface area (Å²) in [5, 5.41) is 0. The van der Waals surface area contributed by atoms with E-state index in [2.05, 4.69) is 6.92 Å². The molecule has 0 spiro atoms. The number of hydrogen-bond donors (Lipinski definition) is 0. The predicted octanol–water partition coefficient (Wildman–Crippen LogP) is 2.88. The Hall–Kier alpha value is -1.50. The Labute approximate surface area is 300 Å². The Morgan fingerprint density at radius 3 is 0.980 bits per heavy atom. The molecule has 0 heterocycles. The highest BCUT2D eigenvalue weighted by Gasteiger charge is 2.17. The zero-order valence-electron chi connectivity index (χ0n) is 31.2. The van der Waals surface area contributed by atoms with E-state index in [1.165, 1.54) is 0 Å². The highest BCUT2D eigenvalue weighted by atomic mass is 16.6. The minimum absolute atomic E-state index is 0.00750. The van der Waals surface area contributed by atoms with Crippen LogP contribution in [0.4, 0.5) is 0 Å². The SMILES string of the molecule is CCCCC(CC)C(=O)OCCOCCOCCOCCOCCOCCOCCOCCOCCOCCOCCOCCC(=O)OCC. The summed E-state index contributed by atoms with van der Waals surface area (Å²) < 4.78 is 70.0. The summed E-state index contributed by atoms with van der Waals surface area (Å²) in [7, 11) is 0. The first-order valence-electron chi connectivity index (χ1n) is 18.3. The smallest absolute Gasteiger partial charge is 0.308 e. The van der Waals surface area contributed by atoms with E-state index in [1.807, 2.05) is 6.92 Å². The average Bonchev–Trinajstić information content (AvgIpc) is 3.11. The molecular formula is C35H68O15. The molecule has 1 unspecified atom stereocenters. The molecule has 0 saturated heterocycles. The van der Waals surface area contributed by atoms with Crippen LogP contribution in [0.3, 0.4) is 0 Å². The molecule has 0 radical (unpaired) electrons. The molecule has 0 amide bonds. The summed E-state index contributed by atoms with van der Waals surface area (Å²) in [4.78, 5) is 23.2. The van der Waals surface area contributed by atoms with Crippen molar-refractivity contribution in [2.45, 2.75) is 52.9 Å². The van der Waals surface area contributed by atoms with Crippen LogP contribution in [-0.2, 0) is 71.2 Å². The molecule has 298 valence electrons. The van der Waals surface area contributed by atoms with Gasteiger partial charge in [-0.05, 0) is 19.8 Å². The van der Waals surface area contributed by atoms with Gasteiger partial charge >= 0.3 is 11.9 Å². The van der Waals surface area contributed by atoms with Crippen molar-refractivity contribution in [3.8, 4) is 0 Å². The van der Waals surface area contributed by atoms with E-state index in [4.69, 9.17) is 61.6 Å². The molecule has 15 nitrogen and oxygen atoms in total. The summed E-state index contributed by atoms with van der Waals surface area (Å²) in [5.74, 6) is -0.385. The zero-order chi connectivity index (χ0) is 36.4. The van der Waals surface area contributed by atoms with Gasteiger partial charge in [-0.3, -0.25) is 9.59 Å². The van der Waals surface area contributed by atoms with E-state index >= 15 is 0 Å². The molecule has 1 atom stereocenters. The Bertz CT molecular complexity index is 701. The lowest BCUT2D eigenvalue weighted by atomic mass is 10.00. The van der Waals surface area contributed by atoms with Crippen molar-refractivity contribution in [1.82, 2.24) is 0 Å². The van der Waals surface area contributed by atoms with Gasteiger partial charge in [0, 0.05) is 0 Å². The van der Waals surface area contributed by atoms with Crippen molar-refractivity contribution in [2.24, 2.45) is 5.92 Å². The molecule has 0 N–H and O–H groups in total. The minimum Gasteiger partial charge on any atom is -0.466 e. The van der Waals surface area contributed by atoms with Crippen LogP contribution in [0.2, 0.25) is 0 Å². The summed E-state index contributed by atoms with van der Waals surface area (Å²) in [6.45, 7) is 16.8. The van der Waals surface area contributed by atoms with Crippen LogP contribution in [0.25, 0.3) is 0 Å². The molecule has 0 aliphatic carbocycles. The first-order valence-corrected chi connectivity index (χ1v) is 18.3. The molecule has 0 aliphatic heterocycles. The number of unbranched alkanes of at least 4 members (excludes halogenated alkanes) is 1. The highest BCUT2D eigenvalue weighted by molar-refractivity contribution is 5.72. The summed E-state index contributed by atoms with van der Waals surface area (Å²) in [6, 6.07) is 0. The minimum atomic E-state index is -0.254. The second-order valence-corrected chi connectivity index (χ2v) is 10.7. The molecule has 15 heteroatoms. The molecule has 50 heavy (non-hydrogen) atoms. The molecule has 0 saturated carbocycles. The van der Waals surface area contributed by atoms with Crippen LogP contribution in [0.5, 0.6) is 0 Å². The van der Waals surface area contributed by atoms with Gasteiger partial charge in [-0.1, -0.05) is 26.7 Å². The van der Waals surface area contributed by atoms with Gasteiger partial charge in [0.15, 0.2) is 0 Å². The first kappa shape index (κ1) is 48.5. The lowest BCUT2D eigenvalue weighted by molar-refractivity contribution is -0.150. The van der Waals surface area contributed by atoms with Crippen LogP contribution in [0, 0.1) is 5.92 Å². The van der Waals surface area contributed by atoms with Crippen LogP contribution in [-0.4, -0.2) is 171 Å². The Balaban J connectivity index is 3.15. The standard InChI is InChI=1S/C35H68O15/c1-4-7-8-33(5-2)35(37)50-32-31-48-30-29-47-28-27-46-26-25-45-24-23-44-22-21-43-20-19-42-18-17-41-16-15-40-14-13-39-12-11-38-10-9-34(36)49-6-3/h33H,4-32H2,1-3H3. The van der Waals surface area contributed by atoms with E-state index in [1.54, 1.807) is 6.92 Å². The molecule has 0 aliphatic rings. The van der Waals surface area contributed by atoms with Gasteiger partial charge in [0.05, 0.1) is 164 Å². The van der Waals surface area contributed by atoms with Crippen molar-refractivity contribution in [3.63, 3.8) is 0 Å². The lowest BCUT2D eigenvalue weighted by Crippen LogP contribution is -2.20. The van der Waals surface area contributed by atoms with E-state index in [9.17, 15) is 9.59 Å². The molecule has 0 bridgehead atoms. The van der Waals surface area contributed by atoms with Crippen LogP contribution < -0.4 is 0 Å². The van der Waals surface area contributed by atoms with E-state index in [0.717, 1.165) is 25.7 Å². The Morgan fingerprint density at radius 2 is 0.700 bits per heavy atom. The maximum absolute atomic E-state index is 12.0. The first-order chi connectivity index (χ1) is 24.7. The highest BCUT2D eigenvalue weighted by Crippen LogP contribution is 2.14. The average molecular weight is 729 g/mol.